The van der Waals surface area contributed by atoms with Crippen LogP contribution in [0.15, 0.2) is 0 Å². The Kier molecular flexibility index (Phi) is 21.9. The van der Waals surface area contributed by atoms with E-state index in [1.54, 1.807) is 0 Å². The van der Waals surface area contributed by atoms with Crippen LogP contribution in [0.4, 0.5) is 0 Å². The highest BCUT2D eigenvalue weighted by Crippen LogP contribution is 2.17. The van der Waals surface area contributed by atoms with Crippen molar-refractivity contribution in [3.63, 3.8) is 0 Å². The number of hydrogen-bond acceptors (Lipinski definition) is 4. The lowest BCUT2D eigenvalue weighted by Crippen LogP contribution is -2.35. The molecule has 0 saturated heterocycles. The number of rotatable bonds is 23. The van der Waals surface area contributed by atoms with E-state index >= 15 is 0 Å². The van der Waals surface area contributed by atoms with Gasteiger partial charge in [0.1, 0.15) is 0 Å². The molecule has 0 rings (SSSR count). The van der Waals surface area contributed by atoms with Crippen LogP contribution in [-0.2, 0) is 0 Å². The maximum Gasteiger partial charge on any atom is 0.0692 e. The van der Waals surface area contributed by atoms with Crippen LogP contribution in [0, 0.1) is 5.92 Å². The second kappa shape index (κ2) is 22.0. The monoisotopic (exact) mass is 428 g/mol. The number of aliphatic hydroxyl groups excluding tert-OH is 2. The molecule has 0 fully saturated rings. The Balaban J connectivity index is 3.49. The molecule has 4 nitrogen and oxygen atoms in total. The summed E-state index contributed by atoms with van der Waals surface area (Å²) in [5.41, 5.74) is 0. The van der Waals surface area contributed by atoms with Crippen molar-refractivity contribution < 1.29 is 10.2 Å². The lowest BCUT2D eigenvalue weighted by molar-refractivity contribution is 0.0741. The first-order valence-corrected chi connectivity index (χ1v) is 13.3. The third-order valence-electron chi connectivity index (χ3n) is 6.41. The van der Waals surface area contributed by atoms with Gasteiger partial charge in [-0.05, 0) is 45.3 Å². The van der Waals surface area contributed by atoms with E-state index in [9.17, 15) is 10.2 Å². The minimum absolute atomic E-state index is 0.224. The lowest BCUT2D eigenvalue weighted by Gasteiger charge is -2.25. The van der Waals surface area contributed by atoms with Crippen LogP contribution in [0.1, 0.15) is 117 Å². The van der Waals surface area contributed by atoms with E-state index in [2.05, 4.69) is 31.1 Å². The quantitative estimate of drug-likeness (QED) is 0.181. The van der Waals surface area contributed by atoms with Crippen LogP contribution < -0.4 is 5.32 Å². The van der Waals surface area contributed by atoms with Gasteiger partial charge in [-0.15, -0.1) is 0 Å². The highest BCUT2D eigenvalue weighted by Gasteiger charge is 2.15. The molecular formula is C26H56N2O2. The van der Waals surface area contributed by atoms with Crippen molar-refractivity contribution in [2.24, 2.45) is 5.92 Å². The molecule has 0 aliphatic carbocycles. The average molecular weight is 429 g/mol. The summed E-state index contributed by atoms with van der Waals surface area (Å²) in [7, 11) is 2.10. The normalized spacial score (nSPS) is 14.9. The predicted octanol–water partition coefficient (Wildman–Crippen LogP) is 5.76. The molecule has 3 atom stereocenters. The minimum atomic E-state index is -0.231. The van der Waals surface area contributed by atoms with Gasteiger partial charge in [0.05, 0.1) is 12.2 Å². The van der Waals surface area contributed by atoms with Crippen molar-refractivity contribution in [1.82, 2.24) is 10.2 Å². The molecule has 30 heavy (non-hydrogen) atoms. The number of nitrogens with zero attached hydrogens (tertiary/aromatic N) is 1. The molecule has 0 bridgehead atoms. The summed E-state index contributed by atoms with van der Waals surface area (Å²) in [6.45, 7) is 9.83. The van der Waals surface area contributed by atoms with Gasteiger partial charge in [-0.3, -0.25) is 0 Å². The Hall–Kier alpha value is -0.160. The molecule has 0 aromatic carbocycles. The highest BCUT2D eigenvalue weighted by molar-refractivity contribution is 4.69. The van der Waals surface area contributed by atoms with Gasteiger partial charge in [0, 0.05) is 13.1 Å². The van der Waals surface area contributed by atoms with Gasteiger partial charge < -0.3 is 20.4 Å². The Labute approximate surface area is 189 Å². The van der Waals surface area contributed by atoms with Gasteiger partial charge in [0.15, 0.2) is 0 Å². The summed E-state index contributed by atoms with van der Waals surface area (Å²) in [6.07, 6.45) is 19.2. The first-order chi connectivity index (χ1) is 14.5. The van der Waals surface area contributed by atoms with E-state index in [0.29, 0.717) is 12.5 Å². The summed E-state index contributed by atoms with van der Waals surface area (Å²) in [4.78, 5) is 2.24. The van der Waals surface area contributed by atoms with E-state index < -0.39 is 0 Å². The molecule has 182 valence electrons. The summed E-state index contributed by atoms with van der Waals surface area (Å²) in [5, 5.41) is 23.3. The predicted molar refractivity (Wildman–Crippen MR) is 132 cm³/mol. The second-order valence-electron chi connectivity index (χ2n) is 9.60. The van der Waals surface area contributed by atoms with Crippen molar-refractivity contribution in [2.75, 3.05) is 33.2 Å². The molecule has 0 aliphatic rings. The van der Waals surface area contributed by atoms with Crippen LogP contribution in [0.3, 0.4) is 0 Å². The zero-order valence-corrected chi connectivity index (χ0v) is 21.0. The largest absolute Gasteiger partial charge is 0.392 e. The molecule has 0 amide bonds. The Morgan fingerprint density at radius 2 is 1.30 bits per heavy atom. The van der Waals surface area contributed by atoms with Crippen molar-refractivity contribution in [3.05, 3.63) is 0 Å². The van der Waals surface area contributed by atoms with E-state index in [0.717, 1.165) is 38.9 Å². The summed E-state index contributed by atoms with van der Waals surface area (Å²) in [6, 6.07) is 0. The van der Waals surface area contributed by atoms with E-state index in [4.69, 9.17) is 0 Å². The molecule has 0 aliphatic heterocycles. The van der Waals surface area contributed by atoms with Gasteiger partial charge in [-0.25, -0.2) is 0 Å². The Morgan fingerprint density at radius 3 is 1.83 bits per heavy atom. The van der Waals surface area contributed by atoms with Gasteiger partial charge in [0.2, 0.25) is 0 Å². The third-order valence-corrected chi connectivity index (χ3v) is 6.41. The zero-order chi connectivity index (χ0) is 22.5. The minimum Gasteiger partial charge on any atom is -0.392 e. The number of nitrogens with one attached hydrogen (secondary N) is 1. The Bertz CT molecular complexity index is 341. The molecular weight excluding hydrogens is 372 g/mol. The second-order valence-corrected chi connectivity index (χ2v) is 9.60. The van der Waals surface area contributed by atoms with E-state index in [1.165, 1.54) is 77.0 Å². The SMILES string of the molecule is CCCCCCCCCCCCCCC(C)C(O)CN(C)CCCNCC(O)CC. The van der Waals surface area contributed by atoms with Crippen molar-refractivity contribution in [1.29, 1.82) is 0 Å². The van der Waals surface area contributed by atoms with Crippen molar-refractivity contribution in [2.45, 2.75) is 129 Å². The number of aliphatic hydroxyl groups is 2. The van der Waals surface area contributed by atoms with E-state index in [1.807, 2.05) is 6.92 Å². The first kappa shape index (κ1) is 29.8. The standard InChI is InChI=1S/C26H56N2O2/c1-5-7-8-9-10-11-12-13-14-15-16-17-19-24(3)26(30)23-28(4)21-18-20-27-22-25(29)6-2/h24-27,29-30H,5-23H2,1-4H3. The highest BCUT2D eigenvalue weighted by atomic mass is 16.3. The molecule has 0 radical (unpaired) electrons. The fourth-order valence-electron chi connectivity index (χ4n) is 3.98. The molecule has 0 aromatic heterocycles. The van der Waals surface area contributed by atoms with Crippen LogP contribution in [0.25, 0.3) is 0 Å². The molecule has 0 spiro atoms. The van der Waals surface area contributed by atoms with E-state index in [-0.39, 0.29) is 12.2 Å². The lowest BCUT2D eigenvalue weighted by atomic mass is 9.96. The molecule has 3 unspecified atom stereocenters. The molecule has 3 N–H and O–H groups in total. The molecule has 0 heterocycles. The van der Waals surface area contributed by atoms with Crippen molar-refractivity contribution in [3.8, 4) is 0 Å². The topological polar surface area (TPSA) is 55.7 Å². The fraction of sp³-hybridized carbons (Fsp3) is 1.00. The Morgan fingerprint density at radius 1 is 0.767 bits per heavy atom. The first-order valence-electron chi connectivity index (χ1n) is 13.3. The van der Waals surface area contributed by atoms with Gasteiger partial charge in [-0.1, -0.05) is 97.8 Å². The number of unbranched alkanes of at least 4 members (excludes halogenated alkanes) is 11. The van der Waals surface area contributed by atoms with Gasteiger partial charge in [-0.2, -0.15) is 0 Å². The smallest absolute Gasteiger partial charge is 0.0692 e. The average Bonchev–Trinajstić information content (AvgIpc) is 2.73. The maximum atomic E-state index is 10.5. The number of hydrogen-bond donors (Lipinski definition) is 3. The zero-order valence-electron chi connectivity index (χ0n) is 21.0. The fourth-order valence-corrected chi connectivity index (χ4v) is 3.98. The maximum absolute atomic E-state index is 10.5. The van der Waals surface area contributed by atoms with Crippen LogP contribution >= 0.6 is 0 Å². The summed E-state index contributed by atoms with van der Waals surface area (Å²) >= 11 is 0. The van der Waals surface area contributed by atoms with Crippen LogP contribution in [0.2, 0.25) is 0 Å². The van der Waals surface area contributed by atoms with Crippen molar-refractivity contribution >= 4 is 0 Å². The third kappa shape index (κ3) is 19.8. The summed E-state index contributed by atoms with van der Waals surface area (Å²) in [5.74, 6) is 0.383. The summed E-state index contributed by atoms with van der Waals surface area (Å²) < 4.78 is 0. The van der Waals surface area contributed by atoms with Crippen LogP contribution in [0.5, 0.6) is 0 Å². The number of likely N-dealkylation sites (N-methyl/N-ethyl adjacent to an activating group) is 1. The van der Waals surface area contributed by atoms with Gasteiger partial charge >= 0.3 is 0 Å². The van der Waals surface area contributed by atoms with Crippen LogP contribution in [-0.4, -0.2) is 60.5 Å². The van der Waals surface area contributed by atoms with Gasteiger partial charge in [0.25, 0.3) is 0 Å². The molecule has 0 saturated carbocycles. The molecule has 4 heteroatoms. The molecule has 0 aromatic rings.